The summed E-state index contributed by atoms with van der Waals surface area (Å²) < 4.78 is 1.76. The number of amides is 1. The molecule has 0 spiro atoms. The Morgan fingerprint density at radius 2 is 2.29 bits per heavy atom. The van der Waals surface area contributed by atoms with Gasteiger partial charge in [-0.2, -0.15) is 5.10 Å². The van der Waals surface area contributed by atoms with Crippen LogP contribution in [0.1, 0.15) is 38.7 Å². The summed E-state index contributed by atoms with van der Waals surface area (Å²) in [5.74, 6) is 1.09. The minimum Gasteiger partial charge on any atom is -0.369 e. The third kappa shape index (κ3) is 4.56. The standard InChI is InChI=1S/C16H28N4O/c1-11-4-5-15(12(2)6-11)18-9-14(16(17)21)7-13-8-19-20(3)10-13/h8,10-12,14-15,18H,4-7,9H2,1-3H3,(H2,17,21)/t11-,12+,14-,15+/m1/s1. The molecule has 5 heteroatoms. The number of hydrogen-bond donors (Lipinski definition) is 2. The summed E-state index contributed by atoms with van der Waals surface area (Å²) in [6, 6.07) is 0.511. The first-order valence-electron chi connectivity index (χ1n) is 7.96. The van der Waals surface area contributed by atoms with Crippen molar-refractivity contribution in [3.05, 3.63) is 18.0 Å². The van der Waals surface area contributed by atoms with E-state index in [1.54, 1.807) is 10.9 Å². The maximum atomic E-state index is 11.7. The number of aromatic nitrogens is 2. The number of carbonyl (C=O) groups excluding carboxylic acids is 1. The number of nitrogens with one attached hydrogen (secondary N) is 1. The number of nitrogens with two attached hydrogens (primary N) is 1. The third-order valence-corrected chi connectivity index (χ3v) is 4.70. The molecule has 5 nitrogen and oxygen atoms in total. The van der Waals surface area contributed by atoms with Crippen LogP contribution in [0.3, 0.4) is 0 Å². The average molecular weight is 292 g/mol. The summed E-state index contributed by atoms with van der Waals surface area (Å²) in [5, 5.41) is 7.72. The third-order valence-electron chi connectivity index (χ3n) is 4.70. The molecule has 1 aromatic heterocycles. The largest absolute Gasteiger partial charge is 0.369 e. The Hall–Kier alpha value is -1.36. The number of rotatable bonds is 6. The molecule has 1 aromatic rings. The summed E-state index contributed by atoms with van der Waals surface area (Å²) in [6.07, 6.45) is 8.14. The van der Waals surface area contributed by atoms with Gasteiger partial charge in [0.05, 0.1) is 12.1 Å². The highest BCUT2D eigenvalue weighted by atomic mass is 16.1. The fourth-order valence-corrected chi connectivity index (χ4v) is 3.40. The van der Waals surface area contributed by atoms with E-state index in [1.807, 2.05) is 13.2 Å². The molecular formula is C16H28N4O. The first-order chi connectivity index (χ1) is 9.95. The highest BCUT2D eigenvalue weighted by Gasteiger charge is 2.26. The molecule has 0 radical (unpaired) electrons. The van der Waals surface area contributed by atoms with Crippen LogP contribution in [0.15, 0.2) is 12.4 Å². The van der Waals surface area contributed by atoms with Crippen molar-refractivity contribution in [3.8, 4) is 0 Å². The SMILES string of the molecule is C[C@@H]1CC[C@H](NC[C@@H](Cc2cnn(C)c2)C(N)=O)[C@@H](C)C1. The highest BCUT2D eigenvalue weighted by molar-refractivity contribution is 5.77. The van der Waals surface area contributed by atoms with Gasteiger partial charge in [0.25, 0.3) is 0 Å². The molecule has 1 aliphatic rings. The average Bonchev–Trinajstić information content (AvgIpc) is 2.81. The predicted octanol–water partition coefficient (Wildman–Crippen LogP) is 1.48. The van der Waals surface area contributed by atoms with E-state index in [4.69, 9.17) is 5.73 Å². The van der Waals surface area contributed by atoms with Gasteiger partial charge in [0.1, 0.15) is 0 Å². The Bertz CT molecular complexity index is 471. The second kappa shape index (κ2) is 7.07. The number of hydrogen-bond acceptors (Lipinski definition) is 3. The Morgan fingerprint density at radius 1 is 1.52 bits per heavy atom. The molecule has 1 heterocycles. The van der Waals surface area contributed by atoms with Crippen molar-refractivity contribution >= 4 is 5.91 Å². The van der Waals surface area contributed by atoms with Crippen LogP contribution in [0.4, 0.5) is 0 Å². The molecule has 3 N–H and O–H groups in total. The van der Waals surface area contributed by atoms with E-state index in [9.17, 15) is 4.79 Å². The molecule has 1 saturated carbocycles. The summed E-state index contributed by atoms with van der Waals surface area (Å²) in [6.45, 7) is 5.28. The van der Waals surface area contributed by atoms with E-state index in [-0.39, 0.29) is 11.8 Å². The minimum absolute atomic E-state index is 0.166. The van der Waals surface area contributed by atoms with Gasteiger partial charge in [-0.1, -0.05) is 13.8 Å². The lowest BCUT2D eigenvalue weighted by molar-refractivity contribution is -0.121. The van der Waals surface area contributed by atoms with Crippen molar-refractivity contribution < 1.29 is 4.79 Å². The van der Waals surface area contributed by atoms with Gasteiger partial charge in [-0.15, -0.1) is 0 Å². The molecule has 0 aromatic carbocycles. The molecule has 0 saturated heterocycles. The monoisotopic (exact) mass is 292 g/mol. The van der Waals surface area contributed by atoms with Crippen molar-refractivity contribution in [1.82, 2.24) is 15.1 Å². The summed E-state index contributed by atoms with van der Waals surface area (Å²) in [4.78, 5) is 11.7. The number of carbonyl (C=O) groups is 1. The van der Waals surface area contributed by atoms with Gasteiger partial charge in [-0.25, -0.2) is 0 Å². The van der Waals surface area contributed by atoms with Crippen LogP contribution < -0.4 is 11.1 Å². The van der Waals surface area contributed by atoms with Crippen LogP contribution in [-0.4, -0.2) is 28.3 Å². The number of aryl methyl sites for hydroxylation is 1. The van der Waals surface area contributed by atoms with Crippen LogP contribution in [0, 0.1) is 17.8 Å². The lowest BCUT2D eigenvalue weighted by atomic mass is 9.79. The normalized spacial score (nSPS) is 27.5. The Kier molecular flexibility index (Phi) is 5.39. The van der Waals surface area contributed by atoms with Crippen molar-refractivity contribution in [2.75, 3.05) is 6.54 Å². The van der Waals surface area contributed by atoms with Crippen molar-refractivity contribution in [2.24, 2.45) is 30.5 Å². The van der Waals surface area contributed by atoms with Crippen LogP contribution in [0.5, 0.6) is 0 Å². The van der Waals surface area contributed by atoms with Crippen LogP contribution in [0.2, 0.25) is 0 Å². The highest BCUT2D eigenvalue weighted by Crippen LogP contribution is 2.28. The van der Waals surface area contributed by atoms with E-state index < -0.39 is 0 Å². The van der Waals surface area contributed by atoms with E-state index >= 15 is 0 Å². The maximum absolute atomic E-state index is 11.7. The summed E-state index contributed by atoms with van der Waals surface area (Å²) in [5.41, 5.74) is 6.62. The zero-order chi connectivity index (χ0) is 15.4. The first kappa shape index (κ1) is 16.0. The smallest absolute Gasteiger partial charge is 0.222 e. The van der Waals surface area contributed by atoms with Gasteiger partial charge in [-0.3, -0.25) is 9.48 Å². The minimum atomic E-state index is -0.233. The predicted molar refractivity (Wildman–Crippen MR) is 83.6 cm³/mol. The lowest BCUT2D eigenvalue weighted by Crippen LogP contribution is -2.44. The van der Waals surface area contributed by atoms with E-state index in [1.165, 1.54) is 19.3 Å². The molecule has 0 bridgehead atoms. The Labute approximate surface area is 127 Å². The van der Waals surface area contributed by atoms with Gasteiger partial charge in [0.2, 0.25) is 5.91 Å². The summed E-state index contributed by atoms with van der Waals surface area (Å²) >= 11 is 0. The van der Waals surface area contributed by atoms with Crippen molar-refractivity contribution in [3.63, 3.8) is 0 Å². The molecule has 1 aliphatic carbocycles. The molecule has 21 heavy (non-hydrogen) atoms. The van der Waals surface area contributed by atoms with Crippen molar-refractivity contribution in [1.29, 1.82) is 0 Å². The lowest BCUT2D eigenvalue weighted by Gasteiger charge is -2.34. The van der Waals surface area contributed by atoms with E-state index in [2.05, 4.69) is 24.3 Å². The fourth-order valence-electron chi connectivity index (χ4n) is 3.40. The van der Waals surface area contributed by atoms with Crippen molar-refractivity contribution in [2.45, 2.75) is 45.6 Å². The van der Waals surface area contributed by atoms with Crippen LogP contribution in [0.25, 0.3) is 0 Å². The van der Waals surface area contributed by atoms with Crippen LogP contribution >= 0.6 is 0 Å². The molecule has 1 amide bonds. The molecule has 0 aliphatic heterocycles. The van der Waals surface area contributed by atoms with Gasteiger partial charge in [0.15, 0.2) is 0 Å². The number of primary amides is 1. The fraction of sp³-hybridized carbons (Fsp3) is 0.750. The Balaban J connectivity index is 1.87. The first-order valence-corrected chi connectivity index (χ1v) is 7.96. The topological polar surface area (TPSA) is 72.9 Å². The van der Waals surface area contributed by atoms with Gasteiger partial charge < -0.3 is 11.1 Å². The maximum Gasteiger partial charge on any atom is 0.222 e. The van der Waals surface area contributed by atoms with E-state index in [0.29, 0.717) is 24.9 Å². The molecule has 118 valence electrons. The van der Waals surface area contributed by atoms with Gasteiger partial charge in [-0.05, 0) is 43.1 Å². The molecular weight excluding hydrogens is 264 g/mol. The second-order valence-electron chi connectivity index (χ2n) is 6.74. The number of nitrogens with zero attached hydrogens (tertiary/aromatic N) is 2. The molecule has 2 rings (SSSR count). The van der Waals surface area contributed by atoms with Crippen LogP contribution in [-0.2, 0) is 18.3 Å². The van der Waals surface area contributed by atoms with Gasteiger partial charge >= 0.3 is 0 Å². The second-order valence-corrected chi connectivity index (χ2v) is 6.74. The van der Waals surface area contributed by atoms with E-state index in [0.717, 1.165) is 11.5 Å². The zero-order valence-corrected chi connectivity index (χ0v) is 13.4. The molecule has 4 atom stereocenters. The molecule has 1 fully saturated rings. The summed E-state index contributed by atoms with van der Waals surface area (Å²) in [7, 11) is 1.88. The zero-order valence-electron chi connectivity index (χ0n) is 13.4. The Morgan fingerprint density at radius 3 is 2.86 bits per heavy atom. The molecule has 0 unspecified atom stereocenters. The quantitative estimate of drug-likeness (QED) is 0.834. The van der Waals surface area contributed by atoms with Gasteiger partial charge in [0, 0.05) is 25.8 Å².